The fraction of sp³-hybridized carbons (Fsp3) is 0.200. The van der Waals surface area contributed by atoms with E-state index in [4.69, 9.17) is 0 Å². The maximum atomic E-state index is 3.51. The minimum Gasteiger partial charge on any atom is -0.384 e. The number of benzene rings is 2. The van der Waals surface area contributed by atoms with Gasteiger partial charge in [-0.25, -0.2) is 0 Å². The van der Waals surface area contributed by atoms with Gasteiger partial charge in [0.25, 0.3) is 0 Å². The number of hydrogen-bond acceptors (Lipinski definition) is 1. The van der Waals surface area contributed by atoms with Crippen LogP contribution in [0.5, 0.6) is 0 Å². The Kier molecular flexibility index (Phi) is 2.37. The highest BCUT2D eigenvalue weighted by Crippen LogP contribution is 2.29. The molecule has 0 aliphatic carbocycles. The highest BCUT2D eigenvalue weighted by Gasteiger charge is 2.18. The van der Waals surface area contributed by atoms with Gasteiger partial charge >= 0.3 is 0 Å². The molecular weight excluding hydrogens is 194 g/mol. The van der Waals surface area contributed by atoms with Crippen LogP contribution in [0.1, 0.15) is 17.0 Å². The van der Waals surface area contributed by atoms with Crippen LogP contribution in [0.2, 0.25) is 0 Å². The lowest BCUT2D eigenvalue weighted by Gasteiger charge is -2.26. The standard InChI is InChI=1S/C15H15N/c1-2-6-12(7-3-1)14-10-13-8-4-5-9-15(13)16-11-14/h1-9,14,16H,10-11H2. The molecule has 16 heavy (non-hydrogen) atoms. The first-order valence-electron chi connectivity index (χ1n) is 5.80. The third-order valence-corrected chi connectivity index (χ3v) is 3.29. The summed E-state index contributed by atoms with van der Waals surface area (Å²) in [5.41, 5.74) is 4.17. The van der Waals surface area contributed by atoms with Crippen molar-refractivity contribution in [3.63, 3.8) is 0 Å². The summed E-state index contributed by atoms with van der Waals surface area (Å²) >= 11 is 0. The normalized spacial score (nSPS) is 18.6. The van der Waals surface area contributed by atoms with Crippen molar-refractivity contribution in [3.8, 4) is 0 Å². The summed E-state index contributed by atoms with van der Waals surface area (Å²) in [6, 6.07) is 19.4. The zero-order valence-electron chi connectivity index (χ0n) is 9.19. The van der Waals surface area contributed by atoms with Gasteiger partial charge < -0.3 is 5.32 Å². The first-order valence-corrected chi connectivity index (χ1v) is 5.80. The van der Waals surface area contributed by atoms with Gasteiger partial charge in [0, 0.05) is 18.2 Å². The van der Waals surface area contributed by atoms with Crippen molar-refractivity contribution in [2.45, 2.75) is 12.3 Å². The van der Waals surface area contributed by atoms with E-state index >= 15 is 0 Å². The molecule has 0 saturated carbocycles. The number of para-hydroxylation sites is 1. The molecule has 1 aliphatic rings. The quantitative estimate of drug-likeness (QED) is 0.758. The lowest BCUT2D eigenvalue weighted by molar-refractivity contribution is 0.695. The minimum atomic E-state index is 0.607. The topological polar surface area (TPSA) is 12.0 Å². The predicted octanol–water partition coefficient (Wildman–Crippen LogP) is 3.44. The number of anilines is 1. The molecular formula is C15H15N. The molecule has 3 rings (SSSR count). The first kappa shape index (κ1) is 9.46. The second kappa shape index (κ2) is 4.01. The Bertz CT molecular complexity index is 476. The maximum absolute atomic E-state index is 3.51. The van der Waals surface area contributed by atoms with Crippen molar-refractivity contribution in [3.05, 3.63) is 65.7 Å². The number of fused-ring (bicyclic) bond motifs is 1. The van der Waals surface area contributed by atoms with Crippen LogP contribution in [-0.2, 0) is 6.42 Å². The molecule has 0 fully saturated rings. The molecule has 0 spiro atoms. The Labute approximate surface area is 96.1 Å². The van der Waals surface area contributed by atoms with Crippen LogP contribution in [0, 0.1) is 0 Å². The summed E-state index contributed by atoms with van der Waals surface area (Å²) in [6.07, 6.45) is 1.15. The van der Waals surface area contributed by atoms with Crippen molar-refractivity contribution < 1.29 is 0 Å². The first-order chi connectivity index (χ1) is 7.93. The molecule has 1 heteroatoms. The fourth-order valence-electron chi connectivity index (χ4n) is 2.40. The van der Waals surface area contributed by atoms with Crippen LogP contribution in [-0.4, -0.2) is 6.54 Å². The van der Waals surface area contributed by atoms with Crippen molar-refractivity contribution >= 4 is 5.69 Å². The van der Waals surface area contributed by atoms with E-state index < -0.39 is 0 Å². The summed E-state index contributed by atoms with van der Waals surface area (Å²) in [4.78, 5) is 0. The monoisotopic (exact) mass is 209 g/mol. The second-order valence-corrected chi connectivity index (χ2v) is 4.35. The molecule has 0 saturated heterocycles. The van der Waals surface area contributed by atoms with Gasteiger partial charge in [-0.2, -0.15) is 0 Å². The lowest BCUT2D eigenvalue weighted by Crippen LogP contribution is -2.21. The number of nitrogens with one attached hydrogen (secondary N) is 1. The predicted molar refractivity (Wildman–Crippen MR) is 67.8 cm³/mol. The Balaban J connectivity index is 1.89. The molecule has 0 bridgehead atoms. The maximum Gasteiger partial charge on any atom is 0.0373 e. The fourth-order valence-corrected chi connectivity index (χ4v) is 2.40. The van der Waals surface area contributed by atoms with Gasteiger partial charge in [-0.3, -0.25) is 0 Å². The molecule has 1 N–H and O–H groups in total. The molecule has 2 aromatic rings. The number of rotatable bonds is 1. The average Bonchev–Trinajstić information content (AvgIpc) is 2.39. The Morgan fingerprint density at radius 2 is 1.62 bits per heavy atom. The van der Waals surface area contributed by atoms with Crippen LogP contribution in [0.3, 0.4) is 0 Å². The van der Waals surface area contributed by atoms with E-state index in [0.29, 0.717) is 5.92 Å². The minimum absolute atomic E-state index is 0.607. The molecule has 1 nitrogen and oxygen atoms in total. The van der Waals surface area contributed by atoms with Crippen molar-refractivity contribution in [1.82, 2.24) is 0 Å². The second-order valence-electron chi connectivity index (χ2n) is 4.35. The van der Waals surface area contributed by atoms with Gasteiger partial charge in [0.15, 0.2) is 0 Å². The zero-order chi connectivity index (χ0) is 10.8. The molecule has 0 amide bonds. The molecule has 80 valence electrons. The summed E-state index contributed by atoms with van der Waals surface area (Å²) in [5.74, 6) is 0.607. The molecule has 1 unspecified atom stereocenters. The highest BCUT2D eigenvalue weighted by molar-refractivity contribution is 5.54. The van der Waals surface area contributed by atoms with Crippen LogP contribution in [0.25, 0.3) is 0 Å². The molecule has 1 heterocycles. The van der Waals surface area contributed by atoms with E-state index in [9.17, 15) is 0 Å². The lowest BCUT2D eigenvalue weighted by atomic mass is 9.88. The summed E-state index contributed by atoms with van der Waals surface area (Å²) in [7, 11) is 0. The molecule has 0 aromatic heterocycles. The van der Waals surface area contributed by atoms with Gasteiger partial charge in [0.2, 0.25) is 0 Å². The van der Waals surface area contributed by atoms with Crippen molar-refractivity contribution in [1.29, 1.82) is 0 Å². The van der Waals surface area contributed by atoms with Crippen LogP contribution in [0.15, 0.2) is 54.6 Å². The van der Waals surface area contributed by atoms with E-state index in [1.807, 2.05) is 0 Å². The molecule has 1 aliphatic heterocycles. The third-order valence-electron chi connectivity index (χ3n) is 3.29. The van der Waals surface area contributed by atoms with Crippen LogP contribution >= 0.6 is 0 Å². The van der Waals surface area contributed by atoms with E-state index in [1.54, 1.807) is 0 Å². The van der Waals surface area contributed by atoms with Gasteiger partial charge in [0.05, 0.1) is 0 Å². The Morgan fingerprint density at radius 1 is 0.875 bits per heavy atom. The van der Waals surface area contributed by atoms with E-state index in [-0.39, 0.29) is 0 Å². The highest BCUT2D eigenvalue weighted by atomic mass is 14.9. The van der Waals surface area contributed by atoms with Gasteiger partial charge in [-0.05, 0) is 23.6 Å². The average molecular weight is 209 g/mol. The molecule has 0 radical (unpaired) electrons. The summed E-state index contributed by atoms with van der Waals surface area (Å²) < 4.78 is 0. The Morgan fingerprint density at radius 3 is 2.50 bits per heavy atom. The van der Waals surface area contributed by atoms with E-state index in [2.05, 4.69) is 59.9 Å². The number of hydrogen-bond donors (Lipinski definition) is 1. The molecule has 2 aromatic carbocycles. The smallest absolute Gasteiger partial charge is 0.0373 e. The Hall–Kier alpha value is -1.76. The third kappa shape index (κ3) is 1.69. The van der Waals surface area contributed by atoms with Crippen LogP contribution in [0.4, 0.5) is 5.69 Å². The molecule has 1 atom stereocenters. The van der Waals surface area contributed by atoms with Crippen LogP contribution < -0.4 is 5.32 Å². The summed E-state index contributed by atoms with van der Waals surface area (Å²) in [5, 5.41) is 3.51. The van der Waals surface area contributed by atoms with E-state index in [1.165, 1.54) is 16.8 Å². The summed E-state index contributed by atoms with van der Waals surface area (Å²) in [6.45, 7) is 1.04. The SMILES string of the molecule is c1ccc(C2CNc3ccccc3C2)cc1. The van der Waals surface area contributed by atoms with Gasteiger partial charge in [-0.15, -0.1) is 0 Å². The van der Waals surface area contributed by atoms with Gasteiger partial charge in [0.1, 0.15) is 0 Å². The van der Waals surface area contributed by atoms with Gasteiger partial charge in [-0.1, -0.05) is 48.5 Å². The van der Waals surface area contributed by atoms with Crippen molar-refractivity contribution in [2.75, 3.05) is 11.9 Å². The largest absolute Gasteiger partial charge is 0.384 e. The zero-order valence-corrected chi connectivity index (χ0v) is 9.19. The van der Waals surface area contributed by atoms with Crippen molar-refractivity contribution in [2.24, 2.45) is 0 Å². The van der Waals surface area contributed by atoms with E-state index in [0.717, 1.165) is 13.0 Å².